The second kappa shape index (κ2) is 8.18. The molecule has 0 aliphatic heterocycles. The van der Waals surface area contributed by atoms with Crippen LogP contribution in [0.4, 0.5) is 0 Å². The van der Waals surface area contributed by atoms with E-state index in [0.717, 1.165) is 24.8 Å². The van der Waals surface area contributed by atoms with Gasteiger partial charge in [-0.05, 0) is 48.6 Å². The molecular weight excluding hydrogens is 240 g/mol. The summed E-state index contributed by atoms with van der Waals surface area (Å²) < 4.78 is 0. The third-order valence-corrected chi connectivity index (χ3v) is 3.79. The minimum absolute atomic E-state index is 0.133. The largest absolute Gasteiger partial charge is 0.508 e. The Hall–Kier alpha value is -1.06. The van der Waals surface area contributed by atoms with Crippen LogP contribution in [0.25, 0.3) is 0 Å². The lowest BCUT2D eigenvalue weighted by Crippen LogP contribution is -2.16. The summed E-state index contributed by atoms with van der Waals surface area (Å²) in [7, 11) is 0. The first-order valence-corrected chi connectivity index (χ1v) is 7.11. The van der Waals surface area contributed by atoms with Crippen LogP contribution in [0.5, 0.6) is 5.75 Å². The van der Waals surface area contributed by atoms with Crippen LogP contribution in [0.15, 0.2) is 24.3 Å². The van der Waals surface area contributed by atoms with E-state index < -0.39 is 0 Å². The van der Waals surface area contributed by atoms with Crippen molar-refractivity contribution in [1.29, 1.82) is 0 Å². The number of rotatable bonds is 8. The highest BCUT2D eigenvalue weighted by molar-refractivity contribution is 5.34. The van der Waals surface area contributed by atoms with E-state index in [1.54, 1.807) is 6.07 Å². The molecule has 0 bridgehead atoms. The maximum atomic E-state index is 9.92. The molecule has 0 spiro atoms. The number of hydrogen-bond donors (Lipinski definition) is 3. The molecule has 1 aromatic rings. The van der Waals surface area contributed by atoms with Crippen molar-refractivity contribution in [2.45, 2.75) is 39.0 Å². The Morgan fingerprint density at radius 1 is 1.05 bits per heavy atom. The van der Waals surface area contributed by atoms with Crippen molar-refractivity contribution in [3.63, 3.8) is 0 Å². The van der Waals surface area contributed by atoms with Crippen molar-refractivity contribution in [1.82, 2.24) is 0 Å². The molecule has 0 saturated carbocycles. The molecule has 3 atom stereocenters. The fourth-order valence-electron chi connectivity index (χ4n) is 2.64. The molecule has 0 aliphatic rings. The molecule has 0 aromatic heterocycles. The third kappa shape index (κ3) is 4.84. The first-order chi connectivity index (χ1) is 9.12. The van der Waals surface area contributed by atoms with Crippen LogP contribution in [0.2, 0.25) is 0 Å². The van der Waals surface area contributed by atoms with E-state index in [0.29, 0.717) is 5.75 Å². The normalized spacial score (nSPS) is 16.0. The van der Waals surface area contributed by atoms with Crippen LogP contribution in [-0.2, 0) is 0 Å². The number of phenolic OH excluding ortho intramolecular Hbond substituents is 1. The summed E-state index contributed by atoms with van der Waals surface area (Å²) >= 11 is 0. The van der Waals surface area contributed by atoms with Crippen LogP contribution in [0, 0.1) is 11.8 Å². The van der Waals surface area contributed by atoms with E-state index in [2.05, 4.69) is 6.92 Å². The second-order valence-corrected chi connectivity index (χ2v) is 5.47. The Morgan fingerprint density at radius 2 is 1.74 bits per heavy atom. The zero-order valence-corrected chi connectivity index (χ0v) is 11.9. The van der Waals surface area contributed by atoms with Gasteiger partial charge in [-0.25, -0.2) is 0 Å². The van der Waals surface area contributed by atoms with Crippen LogP contribution < -0.4 is 0 Å². The highest BCUT2D eigenvalue weighted by Crippen LogP contribution is 2.34. The zero-order chi connectivity index (χ0) is 14.3. The monoisotopic (exact) mass is 266 g/mol. The molecule has 0 aliphatic carbocycles. The molecule has 0 heterocycles. The fourth-order valence-corrected chi connectivity index (χ4v) is 2.64. The first-order valence-electron chi connectivity index (χ1n) is 7.11. The van der Waals surface area contributed by atoms with Gasteiger partial charge in [0.15, 0.2) is 0 Å². The van der Waals surface area contributed by atoms with Gasteiger partial charge in [-0.15, -0.1) is 0 Å². The van der Waals surface area contributed by atoms with Crippen molar-refractivity contribution in [2.24, 2.45) is 11.8 Å². The Bertz CT molecular complexity index is 365. The summed E-state index contributed by atoms with van der Waals surface area (Å²) in [5, 5.41) is 28.5. The number of phenols is 1. The number of aliphatic hydroxyl groups excluding tert-OH is 2. The summed E-state index contributed by atoms with van der Waals surface area (Å²) in [6, 6.07) is 7.42. The Morgan fingerprint density at radius 3 is 2.26 bits per heavy atom. The number of aliphatic hydroxyl groups is 2. The lowest BCUT2D eigenvalue weighted by molar-refractivity contribution is 0.157. The standard InChI is InChI=1S/C16H26O3/c1-3-14(15-6-4-5-7-16(15)19)9-13(11-18)8-12(2)10-17/h4-7,12-14,17-19H,3,8-11H2,1-2H3. The predicted molar refractivity (Wildman–Crippen MR) is 77.2 cm³/mol. The molecule has 0 saturated heterocycles. The van der Waals surface area contributed by atoms with E-state index in [4.69, 9.17) is 5.11 Å². The molecular formula is C16H26O3. The van der Waals surface area contributed by atoms with Gasteiger partial charge in [-0.1, -0.05) is 32.0 Å². The van der Waals surface area contributed by atoms with Gasteiger partial charge in [0.1, 0.15) is 5.75 Å². The molecule has 108 valence electrons. The SMILES string of the molecule is CCC(CC(CO)CC(C)CO)c1ccccc1O. The molecule has 3 N–H and O–H groups in total. The van der Waals surface area contributed by atoms with Crippen molar-refractivity contribution in [3.8, 4) is 5.75 Å². The molecule has 0 amide bonds. The number of hydrogen-bond acceptors (Lipinski definition) is 3. The van der Waals surface area contributed by atoms with Crippen LogP contribution in [-0.4, -0.2) is 28.5 Å². The summed E-state index contributed by atoms with van der Waals surface area (Å²) in [4.78, 5) is 0. The van der Waals surface area contributed by atoms with Crippen LogP contribution in [0.3, 0.4) is 0 Å². The molecule has 3 unspecified atom stereocenters. The van der Waals surface area contributed by atoms with Crippen molar-refractivity contribution in [2.75, 3.05) is 13.2 Å². The van der Waals surface area contributed by atoms with Gasteiger partial charge in [-0.3, -0.25) is 0 Å². The summed E-state index contributed by atoms with van der Waals surface area (Å²) in [6.45, 7) is 4.38. The molecule has 1 rings (SSSR count). The molecule has 19 heavy (non-hydrogen) atoms. The predicted octanol–water partition coefficient (Wildman–Crippen LogP) is 2.90. The van der Waals surface area contributed by atoms with Gasteiger partial charge < -0.3 is 15.3 Å². The summed E-state index contributed by atoms with van der Waals surface area (Å²) in [5.74, 6) is 0.969. The molecule has 0 fully saturated rings. The van der Waals surface area contributed by atoms with Crippen molar-refractivity contribution < 1.29 is 15.3 Å². The highest BCUT2D eigenvalue weighted by atomic mass is 16.3. The Balaban J connectivity index is 2.72. The molecule has 3 nitrogen and oxygen atoms in total. The van der Waals surface area contributed by atoms with E-state index in [1.165, 1.54) is 0 Å². The van der Waals surface area contributed by atoms with E-state index >= 15 is 0 Å². The van der Waals surface area contributed by atoms with E-state index in [9.17, 15) is 10.2 Å². The molecule has 0 radical (unpaired) electrons. The maximum absolute atomic E-state index is 9.92. The topological polar surface area (TPSA) is 60.7 Å². The zero-order valence-electron chi connectivity index (χ0n) is 11.9. The first kappa shape index (κ1) is 16.0. The fraction of sp³-hybridized carbons (Fsp3) is 0.625. The quantitative estimate of drug-likeness (QED) is 0.678. The van der Waals surface area contributed by atoms with Crippen molar-refractivity contribution in [3.05, 3.63) is 29.8 Å². The van der Waals surface area contributed by atoms with Crippen molar-refractivity contribution >= 4 is 0 Å². The van der Waals surface area contributed by atoms with Gasteiger partial charge in [0, 0.05) is 13.2 Å². The lowest BCUT2D eigenvalue weighted by Gasteiger charge is -2.24. The lowest BCUT2D eigenvalue weighted by atomic mass is 9.83. The summed E-state index contributed by atoms with van der Waals surface area (Å²) in [5.41, 5.74) is 0.958. The van der Waals surface area contributed by atoms with Gasteiger partial charge >= 0.3 is 0 Å². The average Bonchev–Trinajstić information content (AvgIpc) is 2.44. The van der Waals surface area contributed by atoms with Crippen LogP contribution in [0.1, 0.15) is 44.6 Å². The number of para-hydroxylation sites is 1. The van der Waals surface area contributed by atoms with E-state index in [-0.39, 0.29) is 31.0 Å². The maximum Gasteiger partial charge on any atom is 0.119 e. The summed E-state index contributed by atoms with van der Waals surface area (Å²) in [6.07, 6.45) is 2.59. The average molecular weight is 266 g/mol. The molecule has 3 heteroatoms. The Kier molecular flexibility index (Phi) is 6.89. The van der Waals surface area contributed by atoms with Crippen LogP contribution >= 0.6 is 0 Å². The number of aromatic hydroxyl groups is 1. The minimum atomic E-state index is 0.133. The highest BCUT2D eigenvalue weighted by Gasteiger charge is 2.20. The third-order valence-electron chi connectivity index (χ3n) is 3.79. The van der Waals surface area contributed by atoms with E-state index in [1.807, 2.05) is 25.1 Å². The smallest absolute Gasteiger partial charge is 0.119 e. The number of benzene rings is 1. The van der Waals surface area contributed by atoms with Gasteiger partial charge in [0.05, 0.1) is 0 Å². The minimum Gasteiger partial charge on any atom is -0.508 e. The second-order valence-electron chi connectivity index (χ2n) is 5.47. The van der Waals surface area contributed by atoms with Gasteiger partial charge in [0.2, 0.25) is 0 Å². The van der Waals surface area contributed by atoms with Gasteiger partial charge in [-0.2, -0.15) is 0 Å². The molecule has 1 aromatic carbocycles. The van der Waals surface area contributed by atoms with Gasteiger partial charge in [0.25, 0.3) is 0 Å². The Labute approximate surface area is 115 Å².